The number of hydrogen-bond acceptors (Lipinski definition) is 2. The Morgan fingerprint density at radius 1 is 1.04 bits per heavy atom. The van der Waals surface area contributed by atoms with Crippen molar-refractivity contribution < 1.29 is 4.79 Å². The molecule has 1 amide bonds. The van der Waals surface area contributed by atoms with Gasteiger partial charge in [0.1, 0.15) is 0 Å². The fraction of sp³-hybridized carbons (Fsp3) is 0.238. The molecule has 0 saturated carbocycles. The van der Waals surface area contributed by atoms with E-state index in [4.69, 9.17) is 0 Å². The molecule has 0 aliphatic heterocycles. The molecule has 0 unspecified atom stereocenters. The molecule has 0 spiro atoms. The van der Waals surface area contributed by atoms with Gasteiger partial charge < -0.3 is 9.88 Å². The van der Waals surface area contributed by atoms with Gasteiger partial charge in [0.2, 0.25) is 5.91 Å². The minimum absolute atomic E-state index is 0.0332. The lowest BCUT2D eigenvalue weighted by molar-refractivity contribution is -0.123. The van der Waals surface area contributed by atoms with Crippen LogP contribution < -0.4 is 5.32 Å². The Morgan fingerprint density at radius 2 is 1.72 bits per heavy atom. The molecule has 0 atom stereocenters. The van der Waals surface area contributed by atoms with Gasteiger partial charge in [0.25, 0.3) is 0 Å². The maximum Gasteiger partial charge on any atom is 0.222 e. The number of hydrogen-bond donors (Lipinski definition) is 1. The lowest BCUT2D eigenvalue weighted by Gasteiger charge is -2.27. The highest BCUT2D eigenvalue weighted by molar-refractivity contribution is 5.77. The Morgan fingerprint density at radius 3 is 2.36 bits per heavy atom. The summed E-state index contributed by atoms with van der Waals surface area (Å²) >= 11 is 0. The van der Waals surface area contributed by atoms with Crippen molar-refractivity contribution in [2.24, 2.45) is 0 Å². The molecule has 1 heterocycles. The number of carbonyl (C=O) groups is 1. The Labute approximate surface area is 148 Å². The van der Waals surface area contributed by atoms with Gasteiger partial charge in [-0.25, -0.2) is 4.98 Å². The van der Waals surface area contributed by atoms with E-state index in [-0.39, 0.29) is 5.91 Å². The summed E-state index contributed by atoms with van der Waals surface area (Å²) in [6, 6.07) is 18.6. The summed E-state index contributed by atoms with van der Waals surface area (Å²) < 4.78 is 1.90. The average Bonchev–Trinajstić information content (AvgIpc) is 3.14. The molecule has 0 radical (unpaired) electrons. The monoisotopic (exact) mass is 333 g/mol. The van der Waals surface area contributed by atoms with Crippen LogP contribution in [-0.2, 0) is 16.9 Å². The van der Waals surface area contributed by atoms with Gasteiger partial charge in [-0.2, -0.15) is 0 Å². The van der Waals surface area contributed by atoms with Crippen LogP contribution in [0.15, 0.2) is 73.3 Å². The summed E-state index contributed by atoms with van der Waals surface area (Å²) in [5, 5.41) is 3.12. The molecule has 0 bridgehead atoms. The van der Waals surface area contributed by atoms with Gasteiger partial charge >= 0.3 is 0 Å². The normalized spacial score (nSPS) is 11.3. The van der Waals surface area contributed by atoms with Gasteiger partial charge in [0.15, 0.2) is 0 Å². The Hall–Kier alpha value is -2.88. The predicted octanol–water partition coefficient (Wildman–Crippen LogP) is 3.99. The summed E-state index contributed by atoms with van der Waals surface area (Å²) in [5.41, 5.74) is 3.03. The van der Waals surface area contributed by atoms with Crippen molar-refractivity contribution in [3.63, 3.8) is 0 Å². The second-order valence-electron chi connectivity index (χ2n) is 6.67. The number of nitrogens with zero attached hydrogens (tertiary/aromatic N) is 2. The predicted molar refractivity (Wildman–Crippen MR) is 99.9 cm³/mol. The van der Waals surface area contributed by atoms with E-state index in [9.17, 15) is 4.79 Å². The second kappa shape index (κ2) is 7.34. The lowest BCUT2D eigenvalue weighted by Crippen LogP contribution is -2.41. The van der Waals surface area contributed by atoms with Crippen molar-refractivity contribution in [3.05, 3.63) is 78.9 Å². The molecule has 4 nitrogen and oxygen atoms in total. The third-order valence-electron chi connectivity index (χ3n) is 4.32. The first-order chi connectivity index (χ1) is 12.0. The molecule has 0 aliphatic rings. The molecular weight excluding hydrogens is 310 g/mol. The van der Waals surface area contributed by atoms with Crippen LogP contribution in [0.1, 0.15) is 25.8 Å². The summed E-state index contributed by atoms with van der Waals surface area (Å²) in [5.74, 6) is 0.0332. The SMILES string of the molecule is CC(C)(NC(=O)CCn1ccnc1)c1ccc(-c2ccccc2)cc1. The Balaban J connectivity index is 1.64. The van der Waals surface area contributed by atoms with Crippen molar-refractivity contribution >= 4 is 5.91 Å². The minimum atomic E-state index is -0.415. The van der Waals surface area contributed by atoms with Crippen LogP contribution in [0.4, 0.5) is 0 Å². The Bertz CT molecular complexity index is 806. The molecule has 3 aromatic rings. The van der Waals surface area contributed by atoms with E-state index in [0.29, 0.717) is 13.0 Å². The zero-order valence-electron chi connectivity index (χ0n) is 14.6. The molecule has 128 valence electrons. The van der Waals surface area contributed by atoms with E-state index >= 15 is 0 Å². The molecule has 0 saturated heterocycles. The van der Waals surface area contributed by atoms with E-state index < -0.39 is 5.54 Å². The quantitative estimate of drug-likeness (QED) is 0.741. The van der Waals surface area contributed by atoms with Gasteiger partial charge in [-0.05, 0) is 30.5 Å². The molecule has 4 heteroatoms. The zero-order chi connectivity index (χ0) is 17.7. The van der Waals surface area contributed by atoms with Crippen LogP contribution in [0.25, 0.3) is 11.1 Å². The summed E-state index contributed by atoms with van der Waals surface area (Å²) in [6.45, 7) is 4.69. The first-order valence-corrected chi connectivity index (χ1v) is 8.47. The van der Waals surface area contributed by atoms with Crippen LogP contribution >= 0.6 is 0 Å². The Kier molecular flexibility index (Phi) is 4.98. The number of nitrogens with one attached hydrogen (secondary N) is 1. The number of aryl methyl sites for hydroxylation is 1. The largest absolute Gasteiger partial charge is 0.347 e. The van der Waals surface area contributed by atoms with E-state index in [0.717, 1.165) is 5.56 Å². The first kappa shape index (κ1) is 17.0. The van der Waals surface area contributed by atoms with Gasteiger partial charge in [-0.15, -0.1) is 0 Å². The third-order valence-corrected chi connectivity index (χ3v) is 4.32. The minimum Gasteiger partial charge on any atom is -0.347 e. The maximum absolute atomic E-state index is 12.3. The molecule has 1 aromatic heterocycles. The van der Waals surface area contributed by atoms with Gasteiger partial charge in [-0.3, -0.25) is 4.79 Å². The summed E-state index contributed by atoms with van der Waals surface area (Å²) in [6.07, 6.45) is 5.74. The van der Waals surface area contributed by atoms with Gasteiger partial charge in [0, 0.05) is 25.4 Å². The molecule has 2 aromatic carbocycles. The van der Waals surface area contributed by atoms with E-state index in [2.05, 4.69) is 46.7 Å². The molecule has 0 fully saturated rings. The summed E-state index contributed by atoms with van der Waals surface area (Å²) in [7, 11) is 0. The number of aromatic nitrogens is 2. The van der Waals surface area contributed by atoms with Crippen LogP contribution in [0.5, 0.6) is 0 Å². The second-order valence-corrected chi connectivity index (χ2v) is 6.67. The zero-order valence-corrected chi connectivity index (χ0v) is 14.6. The number of benzene rings is 2. The highest BCUT2D eigenvalue weighted by atomic mass is 16.1. The van der Waals surface area contributed by atoms with Crippen molar-refractivity contribution in [2.75, 3.05) is 0 Å². The number of imidazole rings is 1. The van der Waals surface area contributed by atoms with Crippen molar-refractivity contribution in [2.45, 2.75) is 32.4 Å². The molecule has 0 aliphatic carbocycles. The molecule has 1 N–H and O–H groups in total. The fourth-order valence-electron chi connectivity index (χ4n) is 2.84. The van der Waals surface area contributed by atoms with Crippen LogP contribution in [0, 0.1) is 0 Å². The van der Waals surface area contributed by atoms with Gasteiger partial charge in [0.05, 0.1) is 11.9 Å². The molecular formula is C21H23N3O. The van der Waals surface area contributed by atoms with Crippen molar-refractivity contribution in [3.8, 4) is 11.1 Å². The first-order valence-electron chi connectivity index (χ1n) is 8.47. The van der Waals surface area contributed by atoms with Crippen LogP contribution in [0.3, 0.4) is 0 Å². The maximum atomic E-state index is 12.3. The van der Waals surface area contributed by atoms with E-state index in [1.165, 1.54) is 11.1 Å². The van der Waals surface area contributed by atoms with Crippen molar-refractivity contribution in [1.82, 2.24) is 14.9 Å². The lowest BCUT2D eigenvalue weighted by atomic mass is 9.92. The standard InChI is InChI=1S/C21H23N3O/c1-21(2,23-20(25)12-14-24-15-13-22-16-24)19-10-8-18(9-11-19)17-6-4-3-5-7-17/h3-11,13,15-16H,12,14H2,1-2H3,(H,23,25). The molecule has 25 heavy (non-hydrogen) atoms. The van der Waals surface area contributed by atoms with Crippen LogP contribution in [0.2, 0.25) is 0 Å². The highest BCUT2D eigenvalue weighted by Crippen LogP contribution is 2.25. The van der Waals surface area contributed by atoms with Gasteiger partial charge in [-0.1, -0.05) is 54.6 Å². The smallest absolute Gasteiger partial charge is 0.222 e. The van der Waals surface area contributed by atoms with Crippen molar-refractivity contribution in [1.29, 1.82) is 0 Å². The highest BCUT2D eigenvalue weighted by Gasteiger charge is 2.22. The van der Waals surface area contributed by atoms with E-state index in [1.54, 1.807) is 12.5 Å². The number of carbonyl (C=O) groups excluding carboxylic acids is 1. The number of rotatable bonds is 6. The molecule has 3 rings (SSSR count). The average molecular weight is 333 g/mol. The van der Waals surface area contributed by atoms with E-state index in [1.807, 2.05) is 42.8 Å². The third kappa shape index (κ3) is 4.35. The van der Waals surface area contributed by atoms with Crippen LogP contribution in [-0.4, -0.2) is 15.5 Å². The topological polar surface area (TPSA) is 46.9 Å². The summed E-state index contributed by atoms with van der Waals surface area (Å²) in [4.78, 5) is 16.3. The fourth-order valence-corrected chi connectivity index (χ4v) is 2.84. The number of amides is 1.